The van der Waals surface area contributed by atoms with Crippen LogP contribution < -0.4 is 5.32 Å². The molecule has 1 aliphatic rings. The maximum atomic E-state index is 12.1. The van der Waals surface area contributed by atoms with Crippen LogP contribution in [0.25, 0.3) is 16.6 Å². The van der Waals surface area contributed by atoms with Gasteiger partial charge in [-0.15, -0.1) is 0 Å². The van der Waals surface area contributed by atoms with Crippen molar-refractivity contribution in [2.75, 3.05) is 6.61 Å². The lowest BCUT2D eigenvalue weighted by atomic mass is 10.1. The Kier molecular flexibility index (Phi) is 5.20. The summed E-state index contributed by atoms with van der Waals surface area (Å²) in [6.07, 6.45) is 4.25. The predicted octanol–water partition coefficient (Wildman–Crippen LogP) is 3.37. The van der Waals surface area contributed by atoms with Gasteiger partial charge in [0.25, 0.3) is 11.8 Å². The van der Waals surface area contributed by atoms with Gasteiger partial charge < -0.3 is 14.1 Å². The molecule has 0 atom stereocenters. The van der Waals surface area contributed by atoms with Gasteiger partial charge in [0.15, 0.2) is 14.1 Å². The highest BCUT2D eigenvalue weighted by atomic mass is 28.4. The molecule has 2 N–H and O–H groups in total. The third kappa shape index (κ3) is 3.61. The number of imide groups is 1. The lowest BCUT2D eigenvalue weighted by molar-refractivity contribution is -0.124. The van der Waals surface area contributed by atoms with Crippen molar-refractivity contribution in [3.63, 3.8) is 0 Å². The molecule has 0 saturated heterocycles. The van der Waals surface area contributed by atoms with Crippen molar-refractivity contribution in [1.29, 1.82) is 0 Å². The smallest absolute Gasteiger partial charge is 0.293 e. The summed E-state index contributed by atoms with van der Waals surface area (Å²) in [6.45, 7) is 12.4. The van der Waals surface area contributed by atoms with E-state index in [0.717, 1.165) is 11.8 Å². The molecule has 0 aromatic carbocycles. The molecule has 0 fully saturated rings. The van der Waals surface area contributed by atoms with Gasteiger partial charge in [-0.1, -0.05) is 20.8 Å². The number of hydrogen-bond acceptors (Lipinski definition) is 5. The number of rotatable bonds is 6. The van der Waals surface area contributed by atoms with Crippen LogP contribution in [0.5, 0.6) is 0 Å². The molecule has 3 heterocycles. The van der Waals surface area contributed by atoms with Gasteiger partial charge in [0.05, 0.1) is 5.57 Å². The SMILES string of the molecule is CC(C)(C)[Si](C)(C)OCCCn1cc(C2=C(O)C(=O)NC2=O)c2cccnc21. The standard InChI is InChI=1S/C20H27N3O4Si/c1-20(2,3)28(4,5)27-11-7-10-23-12-14(13-8-6-9-21-17(13)23)15-16(24)19(26)22-18(15)25/h6,8-9,12H,7,10-11H2,1-5H3,(H2,22,24,25,26). The van der Waals surface area contributed by atoms with Crippen LogP contribution in [-0.2, 0) is 20.6 Å². The molecule has 2 amide bonds. The Balaban J connectivity index is 1.82. The molecule has 8 heteroatoms. The number of nitrogens with zero attached hydrogens (tertiary/aromatic N) is 2. The molecular formula is C20H27N3O4Si. The average molecular weight is 402 g/mol. The minimum atomic E-state index is -1.79. The van der Waals surface area contributed by atoms with Crippen LogP contribution in [0.3, 0.4) is 0 Å². The number of hydrogen-bond donors (Lipinski definition) is 2. The van der Waals surface area contributed by atoms with E-state index in [1.807, 2.05) is 10.6 Å². The molecule has 0 unspecified atom stereocenters. The summed E-state index contributed by atoms with van der Waals surface area (Å²) in [4.78, 5) is 28.2. The number of aryl methyl sites for hydroxylation is 1. The third-order valence-corrected chi connectivity index (χ3v) is 10.2. The molecule has 28 heavy (non-hydrogen) atoms. The summed E-state index contributed by atoms with van der Waals surface area (Å²) >= 11 is 0. The first kappa shape index (κ1) is 20.3. The minimum absolute atomic E-state index is 0.000673. The van der Waals surface area contributed by atoms with Crippen molar-refractivity contribution < 1.29 is 19.1 Å². The number of fused-ring (bicyclic) bond motifs is 1. The Bertz CT molecular complexity index is 969. The number of carbonyl (C=O) groups is 2. The summed E-state index contributed by atoms with van der Waals surface area (Å²) in [6, 6.07) is 3.60. The highest BCUT2D eigenvalue weighted by Crippen LogP contribution is 2.36. The number of aromatic nitrogens is 2. The van der Waals surface area contributed by atoms with Crippen LogP contribution in [0.2, 0.25) is 18.1 Å². The summed E-state index contributed by atoms with van der Waals surface area (Å²) in [5.41, 5.74) is 1.21. The fourth-order valence-corrected chi connectivity index (χ4v) is 4.05. The summed E-state index contributed by atoms with van der Waals surface area (Å²) in [5.74, 6) is -1.91. The Morgan fingerprint density at radius 3 is 2.57 bits per heavy atom. The van der Waals surface area contributed by atoms with Gasteiger partial charge in [0.1, 0.15) is 5.65 Å². The zero-order chi connectivity index (χ0) is 20.7. The monoisotopic (exact) mass is 401 g/mol. The number of amides is 2. The van der Waals surface area contributed by atoms with E-state index in [0.29, 0.717) is 24.4 Å². The summed E-state index contributed by atoms with van der Waals surface area (Å²) in [5, 5.41) is 13.0. The van der Waals surface area contributed by atoms with Gasteiger partial charge in [-0.2, -0.15) is 0 Å². The van der Waals surface area contributed by atoms with Crippen LogP contribution in [-0.4, -0.2) is 41.4 Å². The Morgan fingerprint density at radius 1 is 1.25 bits per heavy atom. The third-order valence-electron chi connectivity index (χ3n) is 5.62. The van der Waals surface area contributed by atoms with E-state index in [1.165, 1.54) is 0 Å². The molecule has 2 aromatic rings. The fraction of sp³-hybridized carbons (Fsp3) is 0.450. The molecule has 7 nitrogen and oxygen atoms in total. The minimum Gasteiger partial charge on any atom is -0.502 e. The van der Waals surface area contributed by atoms with E-state index < -0.39 is 25.9 Å². The van der Waals surface area contributed by atoms with Gasteiger partial charge in [-0.3, -0.25) is 14.9 Å². The fourth-order valence-electron chi connectivity index (χ4n) is 2.97. The van der Waals surface area contributed by atoms with Crippen LogP contribution in [0.15, 0.2) is 30.3 Å². The van der Waals surface area contributed by atoms with E-state index in [-0.39, 0.29) is 10.6 Å². The van der Waals surface area contributed by atoms with E-state index in [2.05, 4.69) is 44.2 Å². The summed E-state index contributed by atoms with van der Waals surface area (Å²) in [7, 11) is -1.79. The molecule has 0 spiro atoms. The van der Waals surface area contributed by atoms with E-state index in [1.54, 1.807) is 18.5 Å². The van der Waals surface area contributed by atoms with Crippen molar-refractivity contribution in [3.8, 4) is 0 Å². The Labute approximate surface area is 165 Å². The molecule has 150 valence electrons. The number of nitrogens with one attached hydrogen (secondary N) is 1. The van der Waals surface area contributed by atoms with Crippen molar-refractivity contribution in [1.82, 2.24) is 14.9 Å². The molecule has 0 radical (unpaired) electrons. The predicted molar refractivity (Wildman–Crippen MR) is 110 cm³/mol. The normalized spacial score (nSPS) is 15.6. The molecule has 3 rings (SSSR count). The van der Waals surface area contributed by atoms with E-state index >= 15 is 0 Å². The maximum Gasteiger partial charge on any atom is 0.293 e. The molecule has 1 aliphatic heterocycles. The van der Waals surface area contributed by atoms with Gasteiger partial charge in [-0.25, -0.2) is 4.98 Å². The van der Waals surface area contributed by atoms with Crippen molar-refractivity contribution in [2.45, 2.75) is 51.9 Å². The number of carbonyl (C=O) groups excluding carboxylic acids is 2. The van der Waals surface area contributed by atoms with Crippen molar-refractivity contribution in [2.24, 2.45) is 0 Å². The van der Waals surface area contributed by atoms with Crippen LogP contribution in [0.4, 0.5) is 0 Å². The van der Waals surface area contributed by atoms with Gasteiger partial charge in [-0.05, 0) is 36.7 Å². The van der Waals surface area contributed by atoms with E-state index in [4.69, 9.17) is 4.43 Å². The molecule has 0 aliphatic carbocycles. The second-order valence-corrected chi connectivity index (χ2v) is 13.4. The second kappa shape index (κ2) is 7.18. The van der Waals surface area contributed by atoms with Crippen LogP contribution in [0.1, 0.15) is 32.8 Å². The molecule has 2 aromatic heterocycles. The van der Waals surface area contributed by atoms with Gasteiger partial charge >= 0.3 is 0 Å². The average Bonchev–Trinajstić information content (AvgIpc) is 3.08. The molecule has 0 bridgehead atoms. The molecule has 0 saturated carbocycles. The first-order chi connectivity index (χ1) is 13.0. The number of aliphatic hydroxyl groups excluding tert-OH is 1. The zero-order valence-electron chi connectivity index (χ0n) is 17.0. The van der Waals surface area contributed by atoms with Gasteiger partial charge in [0, 0.05) is 36.5 Å². The number of aliphatic hydroxyl groups is 1. The first-order valence-corrected chi connectivity index (χ1v) is 12.3. The van der Waals surface area contributed by atoms with E-state index in [9.17, 15) is 14.7 Å². The second-order valence-electron chi connectivity index (χ2n) is 8.58. The lowest BCUT2D eigenvalue weighted by Gasteiger charge is -2.36. The highest BCUT2D eigenvalue weighted by Gasteiger charge is 2.37. The highest BCUT2D eigenvalue weighted by molar-refractivity contribution is 6.74. The van der Waals surface area contributed by atoms with Crippen molar-refractivity contribution in [3.05, 3.63) is 35.8 Å². The topological polar surface area (TPSA) is 93.5 Å². The lowest BCUT2D eigenvalue weighted by Crippen LogP contribution is -2.41. The van der Waals surface area contributed by atoms with Crippen LogP contribution in [0, 0.1) is 0 Å². The van der Waals surface area contributed by atoms with Gasteiger partial charge in [0.2, 0.25) is 0 Å². The first-order valence-electron chi connectivity index (χ1n) is 9.40. The quantitative estimate of drug-likeness (QED) is 0.440. The van der Waals surface area contributed by atoms with Crippen molar-refractivity contribution >= 4 is 36.7 Å². The zero-order valence-corrected chi connectivity index (χ0v) is 18.0. The summed E-state index contributed by atoms with van der Waals surface area (Å²) < 4.78 is 8.17. The number of pyridine rings is 1. The maximum absolute atomic E-state index is 12.1. The van der Waals surface area contributed by atoms with Crippen LogP contribution >= 0.6 is 0 Å². The Morgan fingerprint density at radius 2 is 1.96 bits per heavy atom. The Hall–Kier alpha value is -2.45. The largest absolute Gasteiger partial charge is 0.502 e. The molecular weight excluding hydrogens is 374 g/mol.